The third-order valence-corrected chi connectivity index (χ3v) is 3.25. The molecule has 6 nitrogen and oxygen atoms in total. The molecular formula is C12H12Br2N2O4. The number of anilines is 2. The van der Waals surface area contributed by atoms with E-state index in [2.05, 4.69) is 47.2 Å². The molecule has 0 aromatic heterocycles. The van der Waals surface area contributed by atoms with Crippen LogP contribution in [0.15, 0.2) is 18.2 Å². The Balaban J connectivity index is 3.12. The van der Waals surface area contributed by atoms with Crippen molar-refractivity contribution in [2.45, 2.75) is 0 Å². The minimum atomic E-state index is -0.530. The molecule has 0 spiro atoms. The summed E-state index contributed by atoms with van der Waals surface area (Å²) >= 11 is 6.05. The molecule has 1 rings (SSSR count). The number of alkyl halides is 2. The SMILES string of the molecule is COC(=O)c1ccc(NC(=O)CBr)c(NC(=O)CBr)c1. The molecule has 0 atom stereocenters. The highest BCUT2D eigenvalue weighted by Crippen LogP contribution is 2.24. The van der Waals surface area contributed by atoms with Gasteiger partial charge in [-0.15, -0.1) is 0 Å². The van der Waals surface area contributed by atoms with E-state index in [1.54, 1.807) is 0 Å². The standard InChI is InChI=1S/C12H12Br2N2O4/c1-20-12(19)7-2-3-8(15-10(17)5-13)9(4-7)16-11(18)6-14/h2-4H,5-6H2,1H3,(H,15,17)(H,16,18). The molecule has 0 radical (unpaired) electrons. The van der Waals surface area contributed by atoms with E-state index in [0.29, 0.717) is 11.4 Å². The lowest BCUT2D eigenvalue weighted by Gasteiger charge is -2.12. The highest BCUT2D eigenvalue weighted by molar-refractivity contribution is 9.09. The number of ether oxygens (including phenoxy) is 1. The van der Waals surface area contributed by atoms with Crippen LogP contribution in [0.5, 0.6) is 0 Å². The number of amides is 2. The number of nitrogens with one attached hydrogen (secondary N) is 2. The van der Waals surface area contributed by atoms with Gasteiger partial charge in [0.2, 0.25) is 11.8 Å². The van der Waals surface area contributed by atoms with Crippen molar-refractivity contribution < 1.29 is 19.1 Å². The van der Waals surface area contributed by atoms with E-state index in [0.717, 1.165) is 0 Å². The van der Waals surface area contributed by atoms with E-state index in [9.17, 15) is 14.4 Å². The second-order valence-corrected chi connectivity index (χ2v) is 4.74. The Bertz CT molecular complexity index is 534. The molecular weight excluding hydrogens is 396 g/mol. The molecule has 8 heteroatoms. The lowest BCUT2D eigenvalue weighted by atomic mass is 10.1. The van der Waals surface area contributed by atoms with E-state index in [1.807, 2.05) is 0 Å². The molecule has 0 fully saturated rings. The third kappa shape index (κ3) is 4.61. The topological polar surface area (TPSA) is 84.5 Å². The molecule has 2 N–H and O–H groups in total. The summed E-state index contributed by atoms with van der Waals surface area (Å²) in [6.45, 7) is 0. The van der Waals surface area contributed by atoms with E-state index < -0.39 is 5.97 Å². The Morgan fingerprint density at radius 2 is 1.60 bits per heavy atom. The maximum absolute atomic E-state index is 11.5. The van der Waals surface area contributed by atoms with E-state index in [-0.39, 0.29) is 28.0 Å². The van der Waals surface area contributed by atoms with Crippen molar-refractivity contribution in [2.75, 3.05) is 28.4 Å². The molecule has 0 saturated heterocycles. The fourth-order valence-corrected chi connectivity index (χ4v) is 1.65. The molecule has 108 valence electrons. The normalized spacial score (nSPS) is 9.75. The van der Waals surface area contributed by atoms with E-state index in [1.165, 1.54) is 25.3 Å². The minimum Gasteiger partial charge on any atom is -0.465 e. The van der Waals surface area contributed by atoms with Crippen LogP contribution in [0.3, 0.4) is 0 Å². The smallest absolute Gasteiger partial charge is 0.337 e. The van der Waals surface area contributed by atoms with Gasteiger partial charge in [-0.2, -0.15) is 0 Å². The molecule has 0 aliphatic heterocycles. The fraction of sp³-hybridized carbons (Fsp3) is 0.250. The summed E-state index contributed by atoms with van der Waals surface area (Å²) < 4.78 is 4.61. The molecule has 2 amide bonds. The summed E-state index contributed by atoms with van der Waals surface area (Å²) in [5, 5.41) is 5.41. The van der Waals surface area contributed by atoms with Crippen molar-refractivity contribution in [2.24, 2.45) is 0 Å². The highest BCUT2D eigenvalue weighted by atomic mass is 79.9. The van der Waals surface area contributed by atoms with Crippen molar-refractivity contribution in [3.63, 3.8) is 0 Å². The number of carbonyl (C=O) groups is 3. The Labute approximate surface area is 132 Å². The first-order chi connectivity index (χ1) is 9.51. The Hall–Kier alpha value is -1.41. The molecule has 1 aromatic carbocycles. The second-order valence-electron chi connectivity index (χ2n) is 3.62. The summed E-state index contributed by atoms with van der Waals surface area (Å²) in [6, 6.07) is 4.46. The maximum Gasteiger partial charge on any atom is 0.337 e. The molecule has 0 aliphatic carbocycles. The number of carbonyl (C=O) groups excluding carboxylic acids is 3. The van der Waals surface area contributed by atoms with Gasteiger partial charge in [0.1, 0.15) is 0 Å². The van der Waals surface area contributed by atoms with Gasteiger partial charge < -0.3 is 15.4 Å². The number of esters is 1. The van der Waals surface area contributed by atoms with Gasteiger partial charge in [-0.05, 0) is 18.2 Å². The largest absolute Gasteiger partial charge is 0.465 e. The van der Waals surface area contributed by atoms with Gasteiger partial charge >= 0.3 is 5.97 Å². The predicted octanol–water partition coefficient (Wildman–Crippen LogP) is 2.14. The summed E-state index contributed by atoms with van der Waals surface area (Å²) in [6.07, 6.45) is 0. The van der Waals surface area contributed by atoms with Crippen LogP contribution >= 0.6 is 31.9 Å². The number of hydrogen-bond donors (Lipinski definition) is 2. The first-order valence-corrected chi connectivity index (χ1v) is 7.70. The van der Waals surface area contributed by atoms with Crippen LogP contribution in [0.25, 0.3) is 0 Å². The van der Waals surface area contributed by atoms with Crippen LogP contribution in [-0.2, 0) is 14.3 Å². The summed E-state index contributed by atoms with van der Waals surface area (Å²) in [7, 11) is 1.26. The monoisotopic (exact) mass is 406 g/mol. The lowest BCUT2D eigenvalue weighted by Crippen LogP contribution is -2.18. The third-order valence-electron chi connectivity index (χ3n) is 2.23. The minimum absolute atomic E-state index is 0.0985. The molecule has 0 heterocycles. The zero-order valence-corrected chi connectivity index (χ0v) is 13.7. The van der Waals surface area contributed by atoms with Gasteiger partial charge in [0, 0.05) is 0 Å². The lowest BCUT2D eigenvalue weighted by molar-refractivity contribution is -0.114. The van der Waals surface area contributed by atoms with Gasteiger partial charge in [-0.3, -0.25) is 9.59 Å². The van der Waals surface area contributed by atoms with Crippen LogP contribution in [0.2, 0.25) is 0 Å². The van der Waals surface area contributed by atoms with Crippen LogP contribution in [0.1, 0.15) is 10.4 Å². The predicted molar refractivity (Wildman–Crippen MR) is 82.6 cm³/mol. The van der Waals surface area contributed by atoms with Gasteiger partial charge in [0.05, 0.1) is 34.7 Å². The van der Waals surface area contributed by atoms with E-state index in [4.69, 9.17) is 0 Å². The van der Waals surface area contributed by atoms with Crippen molar-refractivity contribution in [1.82, 2.24) is 0 Å². The summed E-state index contributed by atoms with van der Waals surface area (Å²) in [4.78, 5) is 34.3. The highest BCUT2D eigenvalue weighted by Gasteiger charge is 2.13. The van der Waals surface area contributed by atoms with Crippen LogP contribution < -0.4 is 10.6 Å². The van der Waals surface area contributed by atoms with Gasteiger partial charge in [-0.1, -0.05) is 31.9 Å². The van der Waals surface area contributed by atoms with Crippen LogP contribution in [-0.4, -0.2) is 35.6 Å². The number of halogens is 2. The molecule has 0 saturated carbocycles. The quantitative estimate of drug-likeness (QED) is 0.578. The average Bonchev–Trinajstić information content (AvgIpc) is 2.47. The maximum atomic E-state index is 11.5. The van der Waals surface area contributed by atoms with Gasteiger partial charge in [-0.25, -0.2) is 4.79 Å². The average molecular weight is 408 g/mol. The first-order valence-electron chi connectivity index (χ1n) is 5.45. The van der Waals surface area contributed by atoms with Crippen molar-refractivity contribution in [3.8, 4) is 0 Å². The number of hydrogen-bond acceptors (Lipinski definition) is 4. The van der Waals surface area contributed by atoms with Crippen LogP contribution in [0.4, 0.5) is 11.4 Å². The van der Waals surface area contributed by atoms with Crippen LogP contribution in [0, 0.1) is 0 Å². The Morgan fingerprint density at radius 1 is 1.05 bits per heavy atom. The van der Waals surface area contributed by atoms with Gasteiger partial charge in [0.25, 0.3) is 0 Å². The molecule has 1 aromatic rings. The number of rotatable bonds is 5. The zero-order valence-electron chi connectivity index (χ0n) is 10.5. The molecule has 20 heavy (non-hydrogen) atoms. The zero-order chi connectivity index (χ0) is 15.1. The second kappa shape index (κ2) is 8.01. The Kier molecular flexibility index (Phi) is 6.66. The van der Waals surface area contributed by atoms with Crippen molar-refractivity contribution in [1.29, 1.82) is 0 Å². The Morgan fingerprint density at radius 3 is 2.10 bits per heavy atom. The van der Waals surface area contributed by atoms with E-state index >= 15 is 0 Å². The number of benzene rings is 1. The summed E-state index contributed by atoms with van der Waals surface area (Å²) in [5.74, 6) is -1.11. The molecule has 0 unspecified atom stereocenters. The fourth-order valence-electron chi connectivity index (χ4n) is 1.37. The summed E-state index contributed by atoms with van der Waals surface area (Å²) in [5.41, 5.74) is 0.997. The molecule has 0 aliphatic rings. The molecule has 0 bridgehead atoms. The van der Waals surface area contributed by atoms with Crippen molar-refractivity contribution in [3.05, 3.63) is 23.8 Å². The van der Waals surface area contributed by atoms with Crippen molar-refractivity contribution >= 4 is 61.0 Å². The number of methoxy groups -OCH3 is 1. The van der Waals surface area contributed by atoms with Gasteiger partial charge in [0.15, 0.2) is 0 Å². The first kappa shape index (κ1) is 16.6.